The van der Waals surface area contributed by atoms with E-state index in [-0.39, 0.29) is 17.7 Å². The number of rotatable bonds is 5. The van der Waals surface area contributed by atoms with E-state index >= 15 is 0 Å². The summed E-state index contributed by atoms with van der Waals surface area (Å²) in [4.78, 5) is 12.5. The molecule has 0 radical (unpaired) electrons. The average Bonchev–Trinajstić information content (AvgIpc) is 3.17. The zero-order valence-electron chi connectivity index (χ0n) is 12.5. The molecule has 1 saturated heterocycles. The van der Waals surface area contributed by atoms with Gasteiger partial charge in [-0.25, -0.2) is 0 Å². The summed E-state index contributed by atoms with van der Waals surface area (Å²) in [6.45, 7) is 2.02. The Morgan fingerprint density at radius 2 is 1.96 bits per heavy atom. The molecule has 2 N–H and O–H groups in total. The molecule has 3 rings (SSSR count). The summed E-state index contributed by atoms with van der Waals surface area (Å²) in [6, 6.07) is 11.2. The second-order valence-electron chi connectivity index (χ2n) is 5.67. The van der Waals surface area contributed by atoms with E-state index in [1.807, 2.05) is 30.3 Å². The summed E-state index contributed by atoms with van der Waals surface area (Å²) in [7, 11) is 0. The van der Waals surface area contributed by atoms with Crippen molar-refractivity contribution in [2.75, 3.05) is 19.6 Å². The molecule has 0 saturated carbocycles. The highest BCUT2D eigenvalue weighted by atomic mass is 35.5. The molecule has 6 heteroatoms. The molecule has 0 bridgehead atoms. The number of carbonyl (C=O) groups is 1. The van der Waals surface area contributed by atoms with E-state index in [2.05, 4.69) is 10.6 Å². The molecule has 1 aliphatic heterocycles. The van der Waals surface area contributed by atoms with Crippen LogP contribution in [-0.2, 0) is 11.2 Å². The predicted octanol–water partition coefficient (Wildman–Crippen LogP) is 3.25. The first-order valence-electron chi connectivity index (χ1n) is 7.61. The van der Waals surface area contributed by atoms with Crippen LogP contribution in [0.1, 0.15) is 17.2 Å². The van der Waals surface area contributed by atoms with E-state index in [1.165, 1.54) is 0 Å². The molecule has 2 atom stereocenters. The average molecular weight is 353 g/mol. The molecule has 122 valence electrons. The minimum absolute atomic E-state index is 0.0626. The fraction of sp³-hybridized carbons (Fsp3) is 0.353. The SMILES string of the molecule is O=C(NCCc1ccc(Cl)o1)[C@@H]1CNC[C@H]1c1ccc(Cl)cc1. The van der Waals surface area contributed by atoms with Gasteiger partial charge in [-0.2, -0.15) is 0 Å². The fourth-order valence-electron chi connectivity index (χ4n) is 2.94. The van der Waals surface area contributed by atoms with Gasteiger partial charge in [-0.05, 0) is 41.4 Å². The number of amides is 1. The first kappa shape index (κ1) is 16.4. The van der Waals surface area contributed by atoms with E-state index < -0.39 is 0 Å². The Bertz CT molecular complexity index is 669. The number of hydrogen-bond acceptors (Lipinski definition) is 3. The molecule has 2 heterocycles. The second-order valence-corrected chi connectivity index (χ2v) is 6.48. The van der Waals surface area contributed by atoms with Crippen LogP contribution < -0.4 is 10.6 Å². The largest absolute Gasteiger partial charge is 0.450 e. The van der Waals surface area contributed by atoms with Crippen LogP contribution in [0.3, 0.4) is 0 Å². The van der Waals surface area contributed by atoms with Gasteiger partial charge < -0.3 is 15.1 Å². The van der Waals surface area contributed by atoms with Gasteiger partial charge in [-0.15, -0.1) is 0 Å². The maximum atomic E-state index is 12.5. The molecule has 1 aromatic heterocycles. The quantitative estimate of drug-likeness (QED) is 0.868. The van der Waals surface area contributed by atoms with E-state index in [9.17, 15) is 4.79 Å². The zero-order chi connectivity index (χ0) is 16.2. The molecule has 1 aromatic carbocycles. The smallest absolute Gasteiger partial charge is 0.225 e. The maximum Gasteiger partial charge on any atom is 0.225 e. The van der Waals surface area contributed by atoms with E-state index in [0.29, 0.717) is 29.8 Å². The van der Waals surface area contributed by atoms with Crippen molar-refractivity contribution in [2.45, 2.75) is 12.3 Å². The Morgan fingerprint density at radius 3 is 2.65 bits per heavy atom. The van der Waals surface area contributed by atoms with Gasteiger partial charge in [-0.3, -0.25) is 4.79 Å². The van der Waals surface area contributed by atoms with Crippen LogP contribution in [-0.4, -0.2) is 25.5 Å². The second kappa shape index (κ2) is 7.39. The minimum Gasteiger partial charge on any atom is -0.450 e. The van der Waals surface area contributed by atoms with Crippen LogP contribution in [0.4, 0.5) is 0 Å². The minimum atomic E-state index is -0.0728. The van der Waals surface area contributed by atoms with Crippen molar-refractivity contribution in [3.8, 4) is 0 Å². The van der Waals surface area contributed by atoms with Crippen molar-refractivity contribution in [1.29, 1.82) is 0 Å². The lowest BCUT2D eigenvalue weighted by atomic mass is 9.88. The molecule has 0 aliphatic carbocycles. The number of benzene rings is 1. The Balaban J connectivity index is 1.56. The first-order chi connectivity index (χ1) is 11.1. The molecule has 1 aliphatic rings. The van der Waals surface area contributed by atoms with Crippen molar-refractivity contribution < 1.29 is 9.21 Å². The predicted molar refractivity (Wildman–Crippen MR) is 91.0 cm³/mol. The Labute approximate surface area is 145 Å². The van der Waals surface area contributed by atoms with Gasteiger partial charge in [-0.1, -0.05) is 23.7 Å². The first-order valence-corrected chi connectivity index (χ1v) is 8.37. The highest BCUT2D eigenvalue weighted by Crippen LogP contribution is 2.29. The number of carbonyl (C=O) groups excluding carboxylic acids is 1. The standard InChI is InChI=1S/C17H18Cl2N2O2/c18-12-3-1-11(2-4-12)14-9-20-10-15(14)17(22)21-8-7-13-5-6-16(19)23-13/h1-6,14-15,20H,7-10H2,(H,21,22)/t14-,15+/m0/s1. The van der Waals surface area contributed by atoms with E-state index in [1.54, 1.807) is 6.07 Å². The summed E-state index contributed by atoms with van der Waals surface area (Å²) in [5, 5.41) is 7.36. The van der Waals surface area contributed by atoms with Crippen molar-refractivity contribution in [2.24, 2.45) is 5.92 Å². The number of nitrogens with one attached hydrogen (secondary N) is 2. The lowest BCUT2D eigenvalue weighted by molar-refractivity contribution is -0.124. The number of furan rings is 1. The molecule has 1 amide bonds. The van der Waals surface area contributed by atoms with Gasteiger partial charge in [0, 0.05) is 37.0 Å². The van der Waals surface area contributed by atoms with Crippen LogP contribution in [0, 0.1) is 5.92 Å². The highest BCUT2D eigenvalue weighted by molar-refractivity contribution is 6.30. The normalized spacial score (nSPS) is 20.6. The lowest BCUT2D eigenvalue weighted by Crippen LogP contribution is -2.35. The van der Waals surface area contributed by atoms with E-state index in [4.69, 9.17) is 27.6 Å². The van der Waals surface area contributed by atoms with Gasteiger partial charge in [0.05, 0.1) is 5.92 Å². The topological polar surface area (TPSA) is 54.3 Å². The summed E-state index contributed by atoms with van der Waals surface area (Å²) in [5.74, 6) is 0.934. The molecule has 1 fully saturated rings. The van der Waals surface area contributed by atoms with Gasteiger partial charge in [0.2, 0.25) is 5.91 Å². The third-order valence-corrected chi connectivity index (χ3v) is 4.60. The van der Waals surface area contributed by atoms with Gasteiger partial charge >= 0.3 is 0 Å². The summed E-state index contributed by atoms with van der Waals surface area (Å²) in [5.41, 5.74) is 1.14. The summed E-state index contributed by atoms with van der Waals surface area (Å²) < 4.78 is 5.28. The van der Waals surface area contributed by atoms with Crippen molar-refractivity contribution >= 4 is 29.1 Å². The van der Waals surface area contributed by atoms with Crippen LogP contribution in [0.25, 0.3) is 0 Å². The molecular weight excluding hydrogens is 335 g/mol. The zero-order valence-corrected chi connectivity index (χ0v) is 14.0. The number of hydrogen-bond donors (Lipinski definition) is 2. The van der Waals surface area contributed by atoms with E-state index in [0.717, 1.165) is 17.9 Å². The molecule has 0 spiro atoms. The molecule has 23 heavy (non-hydrogen) atoms. The van der Waals surface area contributed by atoms with Gasteiger partial charge in [0.15, 0.2) is 5.22 Å². The van der Waals surface area contributed by atoms with Gasteiger partial charge in [0.1, 0.15) is 5.76 Å². The molecular formula is C17H18Cl2N2O2. The number of halogens is 2. The Kier molecular flexibility index (Phi) is 5.26. The van der Waals surface area contributed by atoms with Crippen molar-refractivity contribution in [3.63, 3.8) is 0 Å². The van der Waals surface area contributed by atoms with Crippen molar-refractivity contribution in [1.82, 2.24) is 10.6 Å². The third-order valence-electron chi connectivity index (χ3n) is 4.15. The van der Waals surface area contributed by atoms with Crippen LogP contribution >= 0.6 is 23.2 Å². The van der Waals surface area contributed by atoms with Crippen LogP contribution in [0.5, 0.6) is 0 Å². The molecule has 0 unspecified atom stereocenters. The van der Waals surface area contributed by atoms with Crippen LogP contribution in [0.15, 0.2) is 40.8 Å². The maximum absolute atomic E-state index is 12.5. The van der Waals surface area contributed by atoms with Crippen molar-refractivity contribution in [3.05, 3.63) is 58.0 Å². The van der Waals surface area contributed by atoms with Crippen LogP contribution in [0.2, 0.25) is 10.2 Å². The third kappa shape index (κ3) is 4.08. The Hall–Kier alpha value is -1.49. The lowest BCUT2D eigenvalue weighted by Gasteiger charge is -2.18. The molecule has 4 nitrogen and oxygen atoms in total. The Morgan fingerprint density at radius 1 is 1.17 bits per heavy atom. The monoisotopic (exact) mass is 352 g/mol. The summed E-state index contributed by atoms with van der Waals surface area (Å²) in [6.07, 6.45) is 0.629. The highest BCUT2D eigenvalue weighted by Gasteiger charge is 2.33. The molecule has 2 aromatic rings. The summed E-state index contributed by atoms with van der Waals surface area (Å²) >= 11 is 11.7. The van der Waals surface area contributed by atoms with Gasteiger partial charge in [0.25, 0.3) is 0 Å². The fourth-order valence-corrected chi connectivity index (χ4v) is 3.23.